The van der Waals surface area contributed by atoms with Crippen molar-refractivity contribution in [2.24, 2.45) is 0 Å². The molecule has 2 rings (SSSR count). The third-order valence-corrected chi connectivity index (χ3v) is 3.25. The summed E-state index contributed by atoms with van der Waals surface area (Å²) in [5.41, 5.74) is 0.665. The summed E-state index contributed by atoms with van der Waals surface area (Å²) in [5, 5.41) is 4.11. The average Bonchev–Trinajstić information content (AvgIpc) is 2.68. The van der Waals surface area contributed by atoms with E-state index in [1.54, 1.807) is 23.7 Å². The SMILES string of the molecule is CC(C(=O)c1ccccc1)n1nc(Br)nc1Br. The van der Waals surface area contributed by atoms with E-state index in [0.29, 0.717) is 15.0 Å². The first-order valence-electron chi connectivity index (χ1n) is 4.96. The molecule has 1 heterocycles. The smallest absolute Gasteiger partial charge is 0.218 e. The molecule has 1 unspecified atom stereocenters. The van der Waals surface area contributed by atoms with Crippen molar-refractivity contribution in [1.29, 1.82) is 0 Å². The maximum Gasteiger partial charge on any atom is 0.218 e. The van der Waals surface area contributed by atoms with Crippen LogP contribution in [0.5, 0.6) is 0 Å². The van der Waals surface area contributed by atoms with Crippen LogP contribution in [0.2, 0.25) is 0 Å². The molecule has 0 fully saturated rings. The zero-order valence-electron chi connectivity index (χ0n) is 8.97. The Labute approximate surface area is 115 Å². The standard InChI is InChI=1S/C11H9Br2N3O/c1-7(16-11(13)14-10(12)15-16)9(17)8-5-3-2-4-6-8/h2-7H,1H3. The second kappa shape index (κ2) is 5.10. The maximum atomic E-state index is 12.2. The van der Waals surface area contributed by atoms with Crippen molar-refractivity contribution < 1.29 is 4.79 Å². The van der Waals surface area contributed by atoms with E-state index in [9.17, 15) is 4.79 Å². The Bertz CT molecular complexity index is 539. The molecule has 0 spiro atoms. The molecule has 0 bridgehead atoms. The predicted octanol–water partition coefficient (Wildman–Crippen LogP) is 3.25. The van der Waals surface area contributed by atoms with Gasteiger partial charge in [-0.3, -0.25) is 4.79 Å². The first kappa shape index (κ1) is 12.4. The summed E-state index contributed by atoms with van der Waals surface area (Å²) in [5.74, 6) is 0.00343. The molecular formula is C11H9Br2N3O. The average molecular weight is 359 g/mol. The first-order valence-corrected chi connectivity index (χ1v) is 6.55. The van der Waals surface area contributed by atoms with Crippen LogP contribution in [0.15, 0.2) is 39.8 Å². The van der Waals surface area contributed by atoms with Gasteiger partial charge in [-0.2, -0.15) is 4.98 Å². The molecule has 88 valence electrons. The lowest BCUT2D eigenvalue weighted by atomic mass is 10.1. The molecule has 0 aliphatic carbocycles. The summed E-state index contributed by atoms with van der Waals surface area (Å²) in [6.45, 7) is 1.79. The minimum absolute atomic E-state index is 0.00343. The van der Waals surface area contributed by atoms with Crippen molar-refractivity contribution in [3.63, 3.8) is 0 Å². The molecule has 1 atom stereocenters. The van der Waals surface area contributed by atoms with Crippen LogP contribution >= 0.6 is 31.9 Å². The summed E-state index contributed by atoms with van der Waals surface area (Å²) in [6.07, 6.45) is 0. The molecule has 6 heteroatoms. The highest BCUT2D eigenvalue weighted by atomic mass is 79.9. The van der Waals surface area contributed by atoms with Gasteiger partial charge in [-0.1, -0.05) is 30.3 Å². The van der Waals surface area contributed by atoms with Gasteiger partial charge in [-0.25, -0.2) is 4.68 Å². The fourth-order valence-electron chi connectivity index (χ4n) is 1.48. The summed E-state index contributed by atoms with van der Waals surface area (Å²) in [7, 11) is 0. The topological polar surface area (TPSA) is 47.8 Å². The van der Waals surface area contributed by atoms with Gasteiger partial charge < -0.3 is 0 Å². The number of carbonyl (C=O) groups excluding carboxylic acids is 1. The van der Waals surface area contributed by atoms with Crippen LogP contribution < -0.4 is 0 Å². The van der Waals surface area contributed by atoms with E-state index >= 15 is 0 Å². The molecule has 1 aromatic carbocycles. The van der Waals surface area contributed by atoms with Crippen molar-refractivity contribution in [2.75, 3.05) is 0 Å². The van der Waals surface area contributed by atoms with Gasteiger partial charge in [0.15, 0.2) is 10.5 Å². The van der Waals surface area contributed by atoms with Gasteiger partial charge in [-0.15, -0.1) is 5.10 Å². The highest BCUT2D eigenvalue weighted by Gasteiger charge is 2.20. The third kappa shape index (κ3) is 2.63. The summed E-state index contributed by atoms with van der Waals surface area (Å²) >= 11 is 6.44. The summed E-state index contributed by atoms with van der Waals surface area (Å²) in [4.78, 5) is 16.2. The van der Waals surface area contributed by atoms with Crippen molar-refractivity contribution in [2.45, 2.75) is 13.0 Å². The van der Waals surface area contributed by atoms with Gasteiger partial charge in [0.2, 0.25) is 4.73 Å². The van der Waals surface area contributed by atoms with Crippen molar-refractivity contribution in [1.82, 2.24) is 14.8 Å². The number of benzene rings is 1. The van der Waals surface area contributed by atoms with Gasteiger partial charge in [0.05, 0.1) is 0 Å². The Balaban J connectivity index is 2.30. The Morgan fingerprint density at radius 2 is 1.94 bits per heavy atom. The summed E-state index contributed by atoms with van der Waals surface area (Å²) < 4.78 is 2.53. The lowest BCUT2D eigenvalue weighted by Gasteiger charge is -2.11. The second-order valence-electron chi connectivity index (χ2n) is 3.50. The van der Waals surface area contributed by atoms with Gasteiger partial charge in [0.25, 0.3) is 0 Å². The number of rotatable bonds is 3. The predicted molar refractivity (Wildman–Crippen MR) is 70.9 cm³/mol. The van der Waals surface area contributed by atoms with Gasteiger partial charge in [0, 0.05) is 5.56 Å². The molecule has 0 saturated heterocycles. The molecule has 0 N–H and O–H groups in total. The Morgan fingerprint density at radius 1 is 1.29 bits per heavy atom. The van der Waals surface area contributed by atoms with Crippen LogP contribution in [0.25, 0.3) is 0 Å². The highest BCUT2D eigenvalue weighted by molar-refractivity contribution is 9.11. The van der Waals surface area contributed by atoms with Gasteiger partial charge in [-0.05, 0) is 38.8 Å². The Kier molecular flexibility index (Phi) is 3.73. The van der Waals surface area contributed by atoms with Crippen molar-refractivity contribution in [3.8, 4) is 0 Å². The quantitative estimate of drug-likeness (QED) is 0.791. The Morgan fingerprint density at radius 3 is 2.47 bits per heavy atom. The summed E-state index contributed by atoms with van der Waals surface area (Å²) in [6, 6.07) is 8.74. The molecule has 17 heavy (non-hydrogen) atoms. The van der Waals surface area contributed by atoms with E-state index < -0.39 is 6.04 Å². The van der Waals surface area contributed by atoms with E-state index in [0.717, 1.165) is 0 Å². The fraction of sp³-hybridized carbons (Fsp3) is 0.182. The largest absolute Gasteiger partial charge is 0.292 e. The number of Topliss-reactive ketones (excluding diaryl/α,β-unsaturated/α-hetero) is 1. The Hall–Kier alpha value is -1.01. The highest BCUT2D eigenvalue weighted by Crippen LogP contribution is 2.19. The number of carbonyl (C=O) groups is 1. The molecule has 0 radical (unpaired) electrons. The molecule has 0 aliphatic rings. The monoisotopic (exact) mass is 357 g/mol. The molecule has 4 nitrogen and oxygen atoms in total. The number of hydrogen-bond acceptors (Lipinski definition) is 3. The van der Waals surface area contributed by atoms with Gasteiger partial charge in [0.1, 0.15) is 6.04 Å². The molecule has 0 saturated carbocycles. The van der Waals surface area contributed by atoms with Crippen molar-refractivity contribution >= 4 is 37.6 Å². The van der Waals surface area contributed by atoms with Crippen LogP contribution in [0.3, 0.4) is 0 Å². The minimum Gasteiger partial charge on any atom is -0.292 e. The zero-order valence-corrected chi connectivity index (χ0v) is 12.1. The van der Waals surface area contributed by atoms with Crippen LogP contribution in [-0.4, -0.2) is 20.5 Å². The van der Waals surface area contributed by atoms with Crippen LogP contribution in [0.1, 0.15) is 23.3 Å². The third-order valence-electron chi connectivity index (χ3n) is 2.37. The van der Waals surface area contributed by atoms with Gasteiger partial charge >= 0.3 is 0 Å². The van der Waals surface area contributed by atoms with E-state index in [-0.39, 0.29) is 5.78 Å². The second-order valence-corrected chi connectivity index (χ2v) is 4.92. The molecular weight excluding hydrogens is 350 g/mol. The lowest BCUT2D eigenvalue weighted by Crippen LogP contribution is -2.18. The number of hydrogen-bond donors (Lipinski definition) is 0. The van der Waals surface area contributed by atoms with E-state index in [4.69, 9.17) is 0 Å². The van der Waals surface area contributed by atoms with Crippen LogP contribution in [-0.2, 0) is 0 Å². The first-order chi connectivity index (χ1) is 8.09. The van der Waals surface area contributed by atoms with Crippen LogP contribution in [0, 0.1) is 0 Å². The number of halogens is 2. The number of aromatic nitrogens is 3. The zero-order chi connectivity index (χ0) is 12.4. The molecule has 0 amide bonds. The number of nitrogens with zero attached hydrogens (tertiary/aromatic N) is 3. The van der Waals surface area contributed by atoms with E-state index in [1.165, 1.54) is 0 Å². The fourth-order valence-corrected chi connectivity index (χ4v) is 2.61. The molecule has 2 aromatic rings. The number of ketones is 1. The van der Waals surface area contributed by atoms with E-state index in [1.807, 2.05) is 18.2 Å². The molecule has 0 aliphatic heterocycles. The minimum atomic E-state index is -0.398. The van der Waals surface area contributed by atoms with Crippen molar-refractivity contribution in [3.05, 3.63) is 45.4 Å². The van der Waals surface area contributed by atoms with Crippen LogP contribution in [0.4, 0.5) is 0 Å². The lowest BCUT2D eigenvalue weighted by molar-refractivity contribution is 0.0926. The molecule has 1 aromatic heterocycles. The normalized spacial score (nSPS) is 12.4. The van der Waals surface area contributed by atoms with E-state index in [2.05, 4.69) is 41.9 Å². The maximum absolute atomic E-state index is 12.2.